The van der Waals surface area contributed by atoms with Crippen LogP contribution in [0.15, 0.2) is 30.3 Å². The monoisotopic (exact) mass is 351 g/mol. The third kappa shape index (κ3) is 4.14. The fourth-order valence-electron chi connectivity index (χ4n) is 2.66. The third-order valence-electron chi connectivity index (χ3n) is 3.91. The van der Waals surface area contributed by atoms with Gasteiger partial charge in [-0.25, -0.2) is 13.1 Å². The quantitative estimate of drug-likeness (QED) is 0.804. The van der Waals surface area contributed by atoms with Crippen LogP contribution in [0.5, 0.6) is 5.75 Å². The third-order valence-corrected chi connectivity index (χ3v) is 5.20. The first-order valence-corrected chi connectivity index (χ1v) is 9.47. The van der Waals surface area contributed by atoms with Gasteiger partial charge in [0.05, 0.1) is 31.2 Å². The number of hydrogen-bond donors (Lipinski definition) is 1. The van der Waals surface area contributed by atoms with E-state index in [9.17, 15) is 8.42 Å². The van der Waals surface area contributed by atoms with Gasteiger partial charge in [-0.3, -0.25) is 4.68 Å². The zero-order valence-corrected chi connectivity index (χ0v) is 14.4. The summed E-state index contributed by atoms with van der Waals surface area (Å²) in [5, 5.41) is 4.40. The van der Waals surface area contributed by atoms with E-state index in [4.69, 9.17) is 9.47 Å². The number of aryl methyl sites for hydroxylation is 1. The Balaban J connectivity index is 1.54. The maximum atomic E-state index is 12.1. The molecule has 8 heteroatoms. The summed E-state index contributed by atoms with van der Waals surface area (Å²) in [6, 6.07) is 9.14. The summed E-state index contributed by atoms with van der Waals surface area (Å²) in [7, 11) is -1.56. The van der Waals surface area contributed by atoms with Gasteiger partial charge in [0.1, 0.15) is 12.4 Å². The van der Waals surface area contributed by atoms with Crippen LogP contribution < -0.4 is 9.46 Å². The largest absolute Gasteiger partial charge is 0.492 e. The summed E-state index contributed by atoms with van der Waals surface area (Å²) in [4.78, 5) is 0. The topological polar surface area (TPSA) is 82.5 Å². The van der Waals surface area contributed by atoms with Crippen LogP contribution in [-0.4, -0.2) is 37.2 Å². The van der Waals surface area contributed by atoms with Crippen molar-refractivity contribution in [3.63, 3.8) is 0 Å². The van der Waals surface area contributed by atoms with Gasteiger partial charge in [0.15, 0.2) is 0 Å². The van der Waals surface area contributed by atoms with E-state index >= 15 is 0 Å². The van der Waals surface area contributed by atoms with Gasteiger partial charge in [0.2, 0.25) is 10.0 Å². The fourth-order valence-corrected chi connectivity index (χ4v) is 3.47. The second-order valence-electron chi connectivity index (χ2n) is 5.60. The van der Waals surface area contributed by atoms with E-state index in [-0.39, 0.29) is 18.9 Å². The summed E-state index contributed by atoms with van der Waals surface area (Å²) < 4.78 is 39.5. The lowest BCUT2D eigenvalue weighted by Gasteiger charge is -2.14. The molecule has 7 nitrogen and oxygen atoms in total. The van der Waals surface area contributed by atoms with E-state index in [0.29, 0.717) is 19.0 Å². The minimum atomic E-state index is -3.43. The smallest absolute Gasteiger partial charge is 0.215 e. The van der Waals surface area contributed by atoms with Gasteiger partial charge in [0, 0.05) is 24.7 Å². The number of hydrogen-bond acceptors (Lipinski definition) is 5. The highest BCUT2D eigenvalue weighted by atomic mass is 32.2. The SMILES string of the molecule is Cn1nc(CNS(=O)(=O)CCOc2ccccc2)c2c1CCOC2. The molecular formula is C16H21N3O4S. The Kier molecular flexibility index (Phi) is 5.17. The van der Waals surface area contributed by atoms with Crippen LogP contribution in [0.25, 0.3) is 0 Å². The van der Waals surface area contributed by atoms with E-state index < -0.39 is 10.0 Å². The molecule has 1 N–H and O–H groups in total. The Morgan fingerprint density at radius 2 is 2.12 bits per heavy atom. The van der Waals surface area contributed by atoms with Gasteiger partial charge in [-0.15, -0.1) is 0 Å². The number of ether oxygens (including phenoxy) is 2. The second kappa shape index (κ2) is 7.33. The van der Waals surface area contributed by atoms with Crippen molar-refractivity contribution in [1.29, 1.82) is 0 Å². The maximum absolute atomic E-state index is 12.1. The first kappa shape index (κ1) is 16.9. The standard InChI is InChI=1S/C16H21N3O4S/c1-19-16-7-8-22-12-14(16)15(18-19)11-17-24(20,21)10-9-23-13-5-3-2-4-6-13/h2-6,17H,7-12H2,1H3. The molecule has 24 heavy (non-hydrogen) atoms. The van der Waals surface area contributed by atoms with Crippen LogP contribution in [0.2, 0.25) is 0 Å². The predicted molar refractivity (Wildman–Crippen MR) is 89.1 cm³/mol. The van der Waals surface area contributed by atoms with Gasteiger partial charge in [-0.2, -0.15) is 5.10 Å². The molecule has 1 aliphatic rings. The minimum Gasteiger partial charge on any atom is -0.492 e. The molecule has 1 aromatic heterocycles. The average molecular weight is 351 g/mol. The zero-order valence-electron chi connectivity index (χ0n) is 13.6. The van der Waals surface area contributed by atoms with Crippen LogP contribution in [-0.2, 0) is 41.4 Å². The van der Waals surface area contributed by atoms with Crippen molar-refractivity contribution < 1.29 is 17.9 Å². The molecule has 1 aliphatic heterocycles. The number of benzene rings is 1. The molecule has 2 aromatic rings. The second-order valence-corrected chi connectivity index (χ2v) is 7.53. The van der Waals surface area contributed by atoms with Crippen LogP contribution in [0.1, 0.15) is 17.0 Å². The zero-order chi connectivity index (χ0) is 17.0. The molecule has 0 aliphatic carbocycles. The van der Waals surface area contributed by atoms with Crippen molar-refractivity contribution in [2.45, 2.75) is 19.6 Å². The number of nitrogens with zero attached hydrogens (tertiary/aromatic N) is 2. The van der Waals surface area contributed by atoms with Crippen molar-refractivity contribution in [3.05, 3.63) is 47.3 Å². The molecule has 0 spiro atoms. The minimum absolute atomic E-state index is 0.1000. The lowest BCUT2D eigenvalue weighted by Crippen LogP contribution is -2.29. The molecule has 0 radical (unpaired) electrons. The van der Waals surface area contributed by atoms with E-state index in [2.05, 4.69) is 9.82 Å². The molecule has 0 saturated heterocycles. The Bertz CT molecular complexity index is 787. The first-order chi connectivity index (χ1) is 11.6. The fraction of sp³-hybridized carbons (Fsp3) is 0.438. The highest BCUT2D eigenvalue weighted by molar-refractivity contribution is 7.89. The summed E-state index contributed by atoms with van der Waals surface area (Å²) in [6.07, 6.45) is 0.802. The van der Waals surface area contributed by atoms with Gasteiger partial charge >= 0.3 is 0 Å². The molecule has 1 aromatic carbocycles. The molecular weight excluding hydrogens is 330 g/mol. The molecule has 130 valence electrons. The summed E-state index contributed by atoms with van der Waals surface area (Å²) in [5.41, 5.74) is 2.83. The first-order valence-electron chi connectivity index (χ1n) is 7.82. The van der Waals surface area contributed by atoms with Crippen molar-refractivity contribution >= 4 is 10.0 Å². The Morgan fingerprint density at radius 1 is 1.33 bits per heavy atom. The van der Waals surface area contributed by atoms with Crippen molar-refractivity contribution in [3.8, 4) is 5.75 Å². The molecule has 0 fully saturated rings. The number of aromatic nitrogens is 2. The molecule has 0 unspecified atom stereocenters. The Morgan fingerprint density at radius 3 is 2.92 bits per heavy atom. The summed E-state index contributed by atoms with van der Waals surface area (Å²) in [6.45, 7) is 1.43. The van der Waals surface area contributed by atoms with E-state index in [1.54, 1.807) is 16.8 Å². The molecule has 0 saturated carbocycles. The Hall–Kier alpha value is -1.90. The molecule has 0 atom stereocenters. The number of rotatable bonds is 7. The molecule has 0 bridgehead atoms. The molecule has 0 amide bonds. The highest BCUT2D eigenvalue weighted by Gasteiger charge is 2.21. The van der Waals surface area contributed by atoms with Crippen molar-refractivity contribution in [1.82, 2.24) is 14.5 Å². The van der Waals surface area contributed by atoms with Crippen LogP contribution in [0, 0.1) is 0 Å². The predicted octanol–water partition coefficient (Wildman–Crippen LogP) is 0.991. The van der Waals surface area contributed by atoms with E-state index in [1.165, 1.54) is 0 Å². The highest BCUT2D eigenvalue weighted by Crippen LogP contribution is 2.20. The van der Waals surface area contributed by atoms with Crippen LogP contribution in [0.4, 0.5) is 0 Å². The van der Waals surface area contributed by atoms with E-state index in [0.717, 1.165) is 23.4 Å². The van der Waals surface area contributed by atoms with Crippen molar-refractivity contribution in [2.24, 2.45) is 7.05 Å². The number of nitrogens with one attached hydrogen (secondary N) is 1. The van der Waals surface area contributed by atoms with Crippen LogP contribution in [0.3, 0.4) is 0 Å². The normalized spacial score (nSPS) is 14.4. The maximum Gasteiger partial charge on any atom is 0.215 e. The lowest BCUT2D eigenvalue weighted by molar-refractivity contribution is 0.108. The number of fused-ring (bicyclic) bond motifs is 1. The summed E-state index contributed by atoms with van der Waals surface area (Å²) in [5.74, 6) is 0.552. The van der Waals surface area contributed by atoms with Gasteiger partial charge in [-0.1, -0.05) is 18.2 Å². The average Bonchev–Trinajstić information content (AvgIpc) is 2.91. The van der Waals surface area contributed by atoms with Gasteiger partial charge in [0.25, 0.3) is 0 Å². The number of para-hydroxylation sites is 1. The van der Waals surface area contributed by atoms with Gasteiger partial charge < -0.3 is 9.47 Å². The molecule has 2 heterocycles. The number of sulfonamides is 1. The summed E-state index contributed by atoms with van der Waals surface area (Å²) >= 11 is 0. The molecule has 3 rings (SSSR count). The van der Waals surface area contributed by atoms with Gasteiger partial charge in [-0.05, 0) is 12.1 Å². The van der Waals surface area contributed by atoms with Crippen LogP contribution >= 0.6 is 0 Å². The lowest BCUT2D eigenvalue weighted by atomic mass is 10.1. The van der Waals surface area contributed by atoms with E-state index in [1.807, 2.05) is 25.2 Å². The van der Waals surface area contributed by atoms with Crippen molar-refractivity contribution in [2.75, 3.05) is 19.0 Å². The Labute approximate surface area is 141 Å².